The molecule has 0 unspecified atom stereocenters. The van der Waals surface area contributed by atoms with E-state index >= 15 is 0 Å². The highest BCUT2D eigenvalue weighted by Gasteiger charge is 2.06. The Morgan fingerprint density at radius 2 is 2.25 bits per heavy atom. The van der Waals surface area contributed by atoms with Crippen LogP contribution in [0.2, 0.25) is 0 Å². The summed E-state index contributed by atoms with van der Waals surface area (Å²) in [5.41, 5.74) is 6.60. The lowest BCUT2D eigenvalue weighted by Crippen LogP contribution is -1.98. The maximum Gasteiger partial charge on any atom is 0.222 e. The molecule has 0 radical (unpaired) electrons. The molecular formula is C10H12N4OS. The van der Waals surface area contributed by atoms with Crippen LogP contribution in [0.15, 0.2) is 29.4 Å². The maximum atomic E-state index is 9.31. The van der Waals surface area contributed by atoms with Gasteiger partial charge in [-0.1, -0.05) is 23.9 Å². The van der Waals surface area contributed by atoms with E-state index in [1.165, 1.54) is 11.8 Å². The second-order valence-electron chi connectivity index (χ2n) is 3.36. The molecule has 3 N–H and O–H groups in total. The molecule has 0 bridgehead atoms. The van der Waals surface area contributed by atoms with Gasteiger partial charge < -0.3 is 10.8 Å². The Morgan fingerprint density at radius 1 is 1.44 bits per heavy atom. The summed E-state index contributed by atoms with van der Waals surface area (Å²) in [7, 11) is 1.82. The van der Waals surface area contributed by atoms with Crippen LogP contribution in [0.25, 0.3) is 0 Å². The first kappa shape index (κ1) is 10.8. The van der Waals surface area contributed by atoms with Gasteiger partial charge in [-0.2, -0.15) is 0 Å². The molecule has 6 heteroatoms. The molecule has 16 heavy (non-hydrogen) atoms. The van der Waals surface area contributed by atoms with Crippen molar-refractivity contribution in [3.63, 3.8) is 0 Å². The van der Waals surface area contributed by atoms with Crippen LogP contribution in [0.3, 0.4) is 0 Å². The number of hydrogen-bond acceptors (Lipinski definition) is 5. The number of nitrogens with zero attached hydrogens (tertiary/aromatic N) is 3. The fraction of sp³-hybridized carbons (Fsp3) is 0.200. The number of nitrogens with two attached hydrogens (primary N) is 1. The Morgan fingerprint density at radius 3 is 2.88 bits per heavy atom. The SMILES string of the molecule is Cn1c(N)nnc1SCc1cccc(O)c1. The van der Waals surface area contributed by atoms with Crippen LogP contribution in [0.5, 0.6) is 5.75 Å². The van der Waals surface area contributed by atoms with Gasteiger partial charge in [0.1, 0.15) is 5.75 Å². The zero-order valence-corrected chi connectivity index (χ0v) is 9.61. The molecule has 1 heterocycles. The smallest absolute Gasteiger partial charge is 0.222 e. The van der Waals surface area contributed by atoms with Crippen molar-refractivity contribution in [2.45, 2.75) is 10.9 Å². The number of thioether (sulfide) groups is 1. The Hall–Kier alpha value is -1.69. The molecule has 0 aliphatic carbocycles. The molecule has 1 aromatic carbocycles. The normalized spacial score (nSPS) is 10.6. The Balaban J connectivity index is 2.05. The van der Waals surface area contributed by atoms with E-state index in [9.17, 15) is 5.11 Å². The van der Waals surface area contributed by atoms with Crippen molar-refractivity contribution in [1.82, 2.24) is 14.8 Å². The van der Waals surface area contributed by atoms with Gasteiger partial charge in [0.25, 0.3) is 0 Å². The number of phenols is 1. The van der Waals surface area contributed by atoms with Crippen molar-refractivity contribution >= 4 is 17.7 Å². The van der Waals surface area contributed by atoms with E-state index in [-0.39, 0.29) is 5.75 Å². The van der Waals surface area contributed by atoms with E-state index in [4.69, 9.17) is 5.73 Å². The van der Waals surface area contributed by atoms with Crippen LogP contribution < -0.4 is 5.73 Å². The van der Waals surface area contributed by atoms with Gasteiger partial charge in [0.2, 0.25) is 5.95 Å². The minimum absolute atomic E-state index is 0.274. The molecule has 0 aliphatic rings. The Labute approximate surface area is 97.3 Å². The Kier molecular flexibility index (Phi) is 3.00. The fourth-order valence-corrected chi connectivity index (χ4v) is 2.11. The molecule has 0 saturated heterocycles. The van der Waals surface area contributed by atoms with Gasteiger partial charge in [0.15, 0.2) is 5.16 Å². The minimum Gasteiger partial charge on any atom is -0.508 e. The molecule has 0 amide bonds. The lowest BCUT2D eigenvalue weighted by atomic mass is 10.2. The lowest BCUT2D eigenvalue weighted by molar-refractivity contribution is 0.475. The highest BCUT2D eigenvalue weighted by molar-refractivity contribution is 7.98. The summed E-state index contributed by atoms with van der Waals surface area (Å²) >= 11 is 1.53. The van der Waals surface area contributed by atoms with Gasteiger partial charge in [-0.25, -0.2) is 0 Å². The lowest BCUT2D eigenvalue weighted by Gasteiger charge is -2.02. The topological polar surface area (TPSA) is 77.0 Å². The molecule has 5 nitrogen and oxygen atoms in total. The van der Waals surface area contributed by atoms with Crippen molar-refractivity contribution in [2.75, 3.05) is 5.73 Å². The number of aromatic nitrogens is 3. The third kappa shape index (κ3) is 2.27. The molecule has 0 saturated carbocycles. The number of rotatable bonds is 3. The molecule has 84 valence electrons. The quantitative estimate of drug-likeness (QED) is 0.788. The number of aromatic hydroxyl groups is 1. The summed E-state index contributed by atoms with van der Waals surface area (Å²) in [5, 5.41) is 17.8. The third-order valence-corrected chi connectivity index (χ3v) is 3.24. The molecule has 1 aromatic heterocycles. The molecule has 0 spiro atoms. The average Bonchev–Trinajstić information content (AvgIpc) is 2.57. The molecule has 0 aliphatic heterocycles. The van der Waals surface area contributed by atoms with E-state index in [0.717, 1.165) is 16.5 Å². The second kappa shape index (κ2) is 4.44. The van der Waals surface area contributed by atoms with Crippen LogP contribution in [-0.4, -0.2) is 19.9 Å². The minimum atomic E-state index is 0.274. The number of hydrogen-bond donors (Lipinski definition) is 2. The van der Waals surface area contributed by atoms with Crippen LogP contribution in [0, 0.1) is 0 Å². The zero-order chi connectivity index (χ0) is 11.5. The number of anilines is 1. The third-order valence-electron chi connectivity index (χ3n) is 2.15. The van der Waals surface area contributed by atoms with Crippen molar-refractivity contribution < 1.29 is 5.11 Å². The maximum absolute atomic E-state index is 9.31. The first-order valence-corrected chi connectivity index (χ1v) is 5.71. The predicted molar refractivity (Wildman–Crippen MR) is 63.1 cm³/mol. The average molecular weight is 236 g/mol. The van der Waals surface area contributed by atoms with E-state index in [0.29, 0.717) is 5.95 Å². The van der Waals surface area contributed by atoms with Crippen LogP contribution in [0.4, 0.5) is 5.95 Å². The summed E-state index contributed by atoms with van der Waals surface area (Å²) in [6, 6.07) is 7.14. The van der Waals surface area contributed by atoms with Crippen molar-refractivity contribution in [3.05, 3.63) is 29.8 Å². The highest BCUT2D eigenvalue weighted by atomic mass is 32.2. The van der Waals surface area contributed by atoms with Crippen molar-refractivity contribution in [1.29, 1.82) is 0 Å². The van der Waals surface area contributed by atoms with Gasteiger partial charge in [0, 0.05) is 12.8 Å². The summed E-state index contributed by atoms with van der Waals surface area (Å²) in [6.45, 7) is 0. The first-order chi connectivity index (χ1) is 7.66. The molecular weight excluding hydrogens is 224 g/mol. The second-order valence-corrected chi connectivity index (χ2v) is 4.30. The summed E-state index contributed by atoms with van der Waals surface area (Å²) in [6.07, 6.45) is 0. The van der Waals surface area contributed by atoms with E-state index in [2.05, 4.69) is 10.2 Å². The van der Waals surface area contributed by atoms with Gasteiger partial charge in [-0.15, -0.1) is 10.2 Å². The summed E-state index contributed by atoms with van der Waals surface area (Å²) in [5.74, 6) is 1.40. The molecule has 2 rings (SSSR count). The van der Waals surface area contributed by atoms with E-state index in [1.54, 1.807) is 16.7 Å². The predicted octanol–water partition coefficient (Wildman–Crippen LogP) is 1.40. The molecule has 2 aromatic rings. The van der Waals surface area contributed by atoms with Crippen LogP contribution in [0.1, 0.15) is 5.56 Å². The van der Waals surface area contributed by atoms with Gasteiger partial charge in [-0.3, -0.25) is 4.57 Å². The zero-order valence-electron chi connectivity index (χ0n) is 8.79. The van der Waals surface area contributed by atoms with Crippen LogP contribution in [-0.2, 0) is 12.8 Å². The summed E-state index contributed by atoms with van der Waals surface area (Å²) < 4.78 is 1.73. The van der Waals surface area contributed by atoms with Crippen LogP contribution >= 0.6 is 11.8 Å². The first-order valence-electron chi connectivity index (χ1n) is 4.72. The van der Waals surface area contributed by atoms with Gasteiger partial charge in [0.05, 0.1) is 0 Å². The summed E-state index contributed by atoms with van der Waals surface area (Å²) in [4.78, 5) is 0. The van der Waals surface area contributed by atoms with Gasteiger partial charge >= 0.3 is 0 Å². The van der Waals surface area contributed by atoms with Gasteiger partial charge in [-0.05, 0) is 17.7 Å². The Bertz CT molecular complexity index is 497. The molecule has 0 atom stereocenters. The highest BCUT2D eigenvalue weighted by Crippen LogP contribution is 2.23. The van der Waals surface area contributed by atoms with E-state index in [1.807, 2.05) is 19.2 Å². The molecule has 0 fully saturated rings. The monoisotopic (exact) mass is 236 g/mol. The largest absolute Gasteiger partial charge is 0.508 e. The van der Waals surface area contributed by atoms with Crippen molar-refractivity contribution in [3.8, 4) is 5.75 Å². The fourth-order valence-electron chi connectivity index (χ4n) is 1.25. The van der Waals surface area contributed by atoms with E-state index < -0.39 is 0 Å². The standard InChI is InChI=1S/C10H12N4OS/c1-14-9(11)12-13-10(14)16-6-7-3-2-4-8(15)5-7/h2-5,15H,6H2,1H3,(H2,11,12). The van der Waals surface area contributed by atoms with Crippen molar-refractivity contribution in [2.24, 2.45) is 7.05 Å². The number of phenolic OH excluding ortho intramolecular Hbond substituents is 1. The number of benzene rings is 1. The number of nitrogen functional groups attached to an aromatic ring is 1.